The monoisotopic (exact) mass is 363 g/mol. The number of carbonyl (C=O) groups is 1. The van der Waals surface area contributed by atoms with E-state index in [1.54, 1.807) is 11.3 Å². The summed E-state index contributed by atoms with van der Waals surface area (Å²) in [5, 5.41) is 6.91. The maximum absolute atomic E-state index is 12.3. The molecule has 100 valence electrons. The number of halogens is 1. The number of carbonyl (C=O) groups excluding carboxylic acids is 1. The zero-order chi connectivity index (χ0) is 13.9. The average Bonchev–Trinajstić information content (AvgIpc) is 3.10. The van der Waals surface area contributed by atoms with Crippen LogP contribution in [0.4, 0.5) is 5.69 Å². The third-order valence-corrected chi connectivity index (χ3v) is 5.52. The first-order chi connectivity index (χ1) is 9.75. The molecule has 0 saturated heterocycles. The van der Waals surface area contributed by atoms with Crippen LogP contribution in [0.3, 0.4) is 0 Å². The van der Waals surface area contributed by atoms with Crippen molar-refractivity contribution in [1.29, 1.82) is 0 Å². The number of amides is 1. The van der Waals surface area contributed by atoms with Crippen molar-refractivity contribution < 1.29 is 4.79 Å². The molecular weight excluding hydrogens is 354 g/mol. The van der Waals surface area contributed by atoms with Gasteiger partial charge in [0.15, 0.2) is 0 Å². The van der Waals surface area contributed by atoms with Crippen LogP contribution < -0.4 is 5.32 Å². The van der Waals surface area contributed by atoms with Crippen molar-refractivity contribution >= 4 is 50.2 Å². The number of rotatable bonds is 3. The van der Waals surface area contributed by atoms with Gasteiger partial charge in [0, 0.05) is 20.6 Å². The molecule has 5 heteroatoms. The largest absolute Gasteiger partial charge is 0.321 e. The first-order valence-corrected chi connectivity index (χ1v) is 8.48. The molecule has 0 unspecified atom stereocenters. The van der Waals surface area contributed by atoms with Crippen molar-refractivity contribution in [1.82, 2.24) is 0 Å². The molecule has 3 aromatic rings. The van der Waals surface area contributed by atoms with Gasteiger partial charge in [-0.3, -0.25) is 4.79 Å². The molecule has 2 heterocycles. The number of thiophene rings is 2. The molecule has 0 bridgehead atoms. The number of hydrogen-bond acceptors (Lipinski definition) is 3. The predicted octanol–water partition coefficient (Wildman–Crippen LogP) is 5.49. The minimum absolute atomic E-state index is 0.0871. The molecule has 0 atom stereocenters. The maximum Gasteiger partial charge on any atom is 0.266 e. The SMILES string of the molecule is O=C(Nc1ccccc1-c1cccs1)c1sccc1Br. The van der Waals surface area contributed by atoms with Gasteiger partial charge < -0.3 is 5.32 Å². The summed E-state index contributed by atoms with van der Waals surface area (Å²) in [5.41, 5.74) is 1.88. The molecule has 0 aliphatic carbocycles. The molecule has 1 amide bonds. The molecule has 0 aliphatic rings. The van der Waals surface area contributed by atoms with Crippen molar-refractivity contribution in [2.24, 2.45) is 0 Å². The Kier molecular flexibility index (Phi) is 4.00. The quantitative estimate of drug-likeness (QED) is 0.654. The lowest BCUT2D eigenvalue weighted by atomic mass is 10.1. The second-order valence-electron chi connectivity index (χ2n) is 4.07. The van der Waals surface area contributed by atoms with E-state index in [4.69, 9.17) is 0 Å². The lowest BCUT2D eigenvalue weighted by Crippen LogP contribution is -2.11. The Morgan fingerprint density at radius 2 is 1.85 bits per heavy atom. The Balaban J connectivity index is 1.92. The fourth-order valence-electron chi connectivity index (χ4n) is 1.87. The molecule has 1 N–H and O–H groups in total. The number of anilines is 1. The first kappa shape index (κ1) is 13.5. The summed E-state index contributed by atoms with van der Waals surface area (Å²) in [5.74, 6) is -0.0871. The van der Waals surface area contributed by atoms with Crippen molar-refractivity contribution in [3.05, 3.63) is 62.6 Å². The Hall–Kier alpha value is -1.43. The summed E-state index contributed by atoms with van der Waals surface area (Å²) in [4.78, 5) is 14.1. The molecular formula is C15H10BrNOS2. The van der Waals surface area contributed by atoms with Crippen LogP contribution in [0.2, 0.25) is 0 Å². The van der Waals surface area contributed by atoms with Gasteiger partial charge in [-0.2, -0.15) is 0 Å². The van der Waals surface area contributed by atoms with Crippen LogP contribution in [0.5, 0.6) is 0 Å². The number of benzene rings is 1. The van der Waals surface area contributed by atoms with Crippen molar-refractivity contribution in [3.8, 4) is 10.4 Å². The summed E-state index contributed by atoms with van der Waals surface area (Å²) in [6.07, 6.45) is 0. The van der Waals surface area contributed by atoms with Crippen LogP contribution in [-0.2, 0) is 0 Å². The van der Waals surface area contributed by atoms with Gasteiger partial charge in [-0.15, -0.1) is 22.7 Å². The second kappa shape index (κ2) is 5.91. The molecule has 2 nitrogen and oxygen atoms in total. The van der Waals surface area contributed by atoms with E-state index in [9.17, 15) is 4.79 Å². The van der Waals surface area contributed by atoms with Gasteiger partial charge in [-0.05, 0) is 44.9 Å². The number of hydrogen-bond donors (Lipinski definition) is 1. The third-order valence-electron chi connectivity index (χ3n) is 2.79. The zero-order valence-electron chi connectivity index (χ0n) is 10.3. The van der Waals surface area contributed by atoms with Crippen molar-refractivity contribution in [2.75, 3.05) is 5.32 Å². The average molecular weight is 364 g/mol. The van der Waals surface area contributed by atoms with Gasteiger partial charge in [0.2, 0.25) is 0 Å². The third kappa shape index (κ3) is 2.70. The van der Waals surface area contributed by atoms with Gasteiger partial charge in [-0.25, -0.2) is 0 Å². The Morgan fingerprint density at radius 3 is 2.55 bits per heavy atom. The predicted molar refractivity (Wildman–Crippen MR) is 89.7 cm³/mol. The molecule has 3 rings (SSSR count). The van der Waals surface area contributed by atoms with E-state index in [1.807, 2.05) is 47.2 Å². The topological polar surface area (TPSA) is 29.1 Å². The molecule has 20 heavy (non-hydrogen) atoms. The Morgan fingerprint density at radius 1 is 1.00 bits per heavy atom. The van der Waals surface area contributed by atoms with Crippen LogP contribution in [0.15, 0.2) is 57.7 Å². The normalized spacial score (nSPS) is 10.4. The zero-order valence-corrected chi connectivity index (χ0v) is 13.5. The lowest BCUT2D eigenvalue weighted by molar-refractivity contribution is 0.103. The first-order valence-electron chi connectivity index (χ1n) is 5.93. The van der Waals surface area contributed by atoms with E-state index < -0.39 is 0 Å². The van der Waals surface area contributed by atoms with Crippen molar-refractivity contribution in [3.63, 3.8) is 0 Å². The van der Waals surface area contributed by atoms with E-state index in [0.29, 0.717) is 4.88 Å². The highest BCUT2D eigenvalue weighted by molar-refractivity contribution is 9.10. The molecule has 1 aromatic carbocycles. The smallest absolute Gasteiger partial charge is 0.266 e. The summed E-state index contributed by atoms with van der Waals surface area (Å²) in [6.45, 7) is 0. The standard InChI is InChI=1S/C15H10BrNOS2/c16-11-7-9-20-14(11)15(18)17-12-5-2-1-4-10(12)13-6-3-8-19-13/h1-9H,(H,17,18). The van der Waals surface area contributed by atoms with Gasteiger partial charge in [0.05, 0.1) is 0 Å². The maximum atomic E-state index is 12.3. The van der Waals surface area contributed by atoms with E-state index in [1.165, 1.54) is 11.3 Å². The molecule has 0 spiro atoms. The van der Waals surface area contributed by atoms with Gasteiger partial charge in [0.25, 0.3) is 5.91 Å². The molecule has 2 aromatic heterocycles. The summed E-state index contributed by atoms with van der Waals surface area (Å²) in [7, 11) is 0. The van der Waals surface area contributed by atoms with Crippen LogP contribution >= 0.6 is 38.6 Å². The van der Waals surface area contributed by atoms with Crippen LogP contribution in [0.1, 0.15) is 9.67 Å². The van der Waals surface area contributed by atoms with Crippen LogP contribution in [-0.4, -0.2) is 5.91 Å². The van der Waals surface area contributed by atoms with E-state index in [2.05, 4.69) is 27.3 Å². The Labute approximate surface area is 133 Å². The summed E-state index contributed by atoms with van der Waals surface area (Å²) < 4.78 is 0.827. The van der Waals surface area contributed by atoms with E-state index in [-0.39, 0.29) is 5.91 Å². The minimum atomic E-state index is -0.0871. The van der Waals surface area contributed by atoms with Crippen LogP contribution in [0.25, 0.3) is 10.4 Å². The van der Waals surface area contributed by atoms with Gasteiger partial charge in [0.1, 0.15) is 4.88 Å². The molecule has 0 aliphatic heterocycles. The molecule has 0 saturated carbocycles. The molecule has 0 fully saturated rings. The highest BCUT2D eigenvalue weighted by Crippen LogP contribution is 2.32. The fraction of sp³-hybridized carbons (Fsp3) is 0. The Bertz CT molecular complexity index is 734. The highest BCUT2D eigenvalue weighted by Gasteiger charge is 2.14. The van der Waals surface area contributed by atoms with Gasteiger partial charge in [-0.1, -0.05) is 24.3 Å². The van der Waals surface area contributed by atoms with Crippen LogP contribution in [0, 0.1) is 0 Å². The van der Waals surface area contributed by atoms with E-state index in [0.717, 1.165) is 20.6 Å². The summed E-state index contributed by atoms with van der Waals surface area (Å²) in [6, 6.07) is 13.8. The molecule has 0 radical (unpaired) electrons. The number of para-hydroxylation sites is 1. The van der Waals surface area contributed by atoms with Crippen molar-refractivity contribution in [2.45, 2.75) is 0 Å². The summed E-state index contributed by atoms with van der Waals surface area (Å²) >= 11 is 6.47. The fourth-order valence-corrected chi connectivity index (χ4v) is 4.09. The van der Waals surface area contributed by atoms with E-state index >= 15 is 0 Å². The number of nitrogens with one attached hydrogen (secondary N) is 1. The second-order valence-corrected chi connectivity index (χ2v) is 6.79. The highest BCUT2D eigenvalue weighted by atomic mass is 79.9. The van der Waals surface area contributed by atoms with Gasteiger partial charge >= 0.3 is 0 Å². The lowest BCUT2D eigenvalue weighted by Gasteiger charge is -2.09. The minimum Gasteiger partial charge on any atom is -0.321 e.